The van der Waals surface area contributed by atoms with Gasteiger partial charge in [0.15, 0.2) is 7.28 Å². The fourth-order valence-electron chi connectivity index (χ4n) is 12.7. The van der Waals surface area contributed by atoms with Gasteiger partial charge in [-0.1, -0.05) is 188 Å². The highest BCUT2D eigenvalue weighted by Crippen LogP contribution is 2.58. The summed E-state index contributed by atoms with van der Waals surface area (Å²) in [6.07, 6.45) is 0. The SMILES string of the molecule is CC(C)(C)c1ccc(Nc2cc3c(cc2-c2ccc4c5cc6c(cc5n5c4c2Bc2cc4c(cc2-5)C(c2ccccc2)C(c2ccccc2)S4)oc2ccccc26)-c2cc(C(C)(C)C)ccc2C3(C)C)cc1. The number of fused-ring (bicyclic) bond motifs is 12. The maximum Gasteiger partial charge on any atom is 0.198 e. The fourth-order valence-corrected chi connectivity index (χ4v) is 14.2. The number of thioether (sulfide) groups is 1. The van der Waals surface area contributed by atoms with Crippen LogP contribution >= 0.6 is 11.8 Å². The average molecular weight is 949 g/mol. The zero-order valence-electron chi connectivity index (χ0n) is 42.4. The van der Waals surface area contributed by atoms with Crippen LogP contribution in [0.1, 0.15) is 106 Å². The van der Waals surface area contributed by atoms with Crippen molar-refractivity contribution in [2.45, 2.75) is 87.7 Å². The summed E-state index contributed by atoms with van der Waals surface area (Å²) in [4.78, 5) is 1.37. The molecule has 2 atom stereocenters. The second-order valence-electron chi connectivity index (χ2n) is 23.4. The van der Waals surface area contributed by atoms with Crippen molar-refractivity contribution >= 4 is 85.1 Å². The van der Waals surface area contributed by atoms with E-state index in [-0.39, 0.29) is 27.4 Å². The molecule has 2 unspecified atom stereocenters. The quantitative estimate of drug-likeness (QED) is 0.174. The van der Waals surface area contributed by atoms with Gasteiger partial charge in [0.05, 0.1) is 5.52 Å². The van der Waals surface area contributed by atoms with Crippen molar-refractivity contribution in [2.75, 3.05) is 5.32 Å². The monoisotopic (exact) mass is 948 g/mol. The number of furan rings is 1. The van der Waals surface area contributed by atoms with E-state index in [4.69, 9.17) is 4.42 Å². The Hall–Kier alpha value is -7.21. The normalized spacial score (nSPS) is 16.5. The minimum absolute atomic E-state index is 0.0233. The van der Waals surface area contributed by atoms with Crippen LogP contribution in [-0.2, 0) is 16.2 Å². The molecule has 2 aliphatic heterocycles. The third-order valence-corrected chi connectivity index (χ3v) is 17.9. The summed E-state index contributed by atoms with van der Waals surface area (Å²) in [5.41, 5.74) is 25.1. The Labute approximate surface area is 427 Å². The van der Waals surface area contributed by atoms with E-state index in [0.717, 1.165) is 40.6 Å². The lowest BCUT2D eigenvalue weighted by atomic mass is 9.58. The van der Waals surface area contributed by atoms with Gasteiger partial charge in [0.25, 0.3) is 0 Å². The summed E-state index contributed by atoms with van der Waals surface area (Å²) in [5.74, 6) is 0.203. The molecule has 9 aromatic carbocycles. The Morgan fingerprint density at radius 1 is 0.556 bits per heavy atom. The van der Waals surface area contributed by atoms with Crippen LogP contribution in [0.5, 0.6) is 0 Å². The van der Waals surface area contributed by atoms with Crippen molar-refractivity contribution < 1.29 is 4.42 Å². The molecule has 3 aliphatic rings. The van der Waals surface area contributed by atoms with Gasteiger partial charge in [-0.15, -0.1) is 11.8 Å². The Morgan fingerprint density at radius 2 is 1.25 bits per heavy atom. The van der Waals surface area contributed by atoms with E-state index in [1.807, 2.05) is 11.8 Å². The predicted octanol–water partition coefficient (Wildman–Crippen LogP) is 16.7. The largest absolute Gasteiger partial charge is 0.456 e. The summed E-state index contributed by atoms with van der Waals surface area (Å²) in [6.45, 7) is 18.6. The second kappa shape index (κ2) is 15.4. The van der Waals surface area contributed by atoms with Crippen LogP contribution in [0.4, 0.5) is 11.4 Å². The van der Waals surface area contributed by atoms with Crippen molar-refractivity contribution in [1.29, 1.82) is 0 Å². The number of hydrogen-bond acceptors (Lipinski definition) is 3. The molecule has 14 rings (SSSR count). The van der Waals surface area contributed by atoms with Gasteiger partial charge in [0.2, 0.25) is 0 Å². The molecule has 0 radical (unpaired) electrons. The van der Waals surface area contributed by atoms with E-state index in [1.165, 1.54) is 105 Å². The standard InChI is InChI=1S/C67H57BN2OS/c1-65(2,3)40-23-26-42(27-24-40)69-55-35-53-47(46-31-41(66(4,5)6)25-30-52(46)67(53,7)8)32-48(55)44-28-29-45-49-33-50-43-21-15-16-22-58(43)71-59(50)37-56(49)70-57-34-51-60(36-54(57)68-62(44)63(45)70)72-64(39-19-13-10-14-20-39)61(51)38-17-11-9-12-18-38/h9-37,61,64,68-69H,1-8H3. The van der Waals surface area contributed by atoms with Crippen LogP contribution in [0.25, 0.3) is 71.7 Å². The molecule has 0 amide bonds. The van der Waals surface area contributed by atoms with E-state index in [9.17, 15) is 0 Å². The van der Waals surface area contributed by atoms with E-state index in [2.05, 4.69) is 241 Å². The predicted molar refractivity (Wildman–Crippen MR) is 308 cm³/mol. The minimum atomic E-state index is -0.177. The number of para-hydroxylation sites is 1. The Bertz CT molecular complexity index is 4050. The smallest absolute Gasteiger partial charge is 0.198 e. The first kappa shape index (κ1) is 43.6. The third-order valence-electron chi connectivity index (χ3n) is 16.5. The second-order valence-corrected chi connectivity index (χ2v) is 24.5. The van der Waals surface area contributed by atoms with Crippen molar-refractivity contribution in [2.24, 2.45) is 0 Å². The van der Waals surface area contributed by atoms with Gasteiger partial charge >= 0.3 is 0 Å². The van der Waals surface area contributed by atoms with E-state index in [0.29, 0.717) is 0 Å². The molecule has 3 nitrogen and oxygen atoms in total. The Kier molecular flexibility index (Phi) is 9.32. The Balaban J connectivity index is 1.04. The molecule has 1 N–H and O–H groups in total. The highest BCUT2D eigenvalue weighted by atomic mass is 32.2. The Morgan fingerprint density at radius 3 is 2.00 bits per heavy atom. The molecule has 0 spiro atoms. The number of benzene rings is 9. The molecular formula is C67H57BN2OS. The van der Waals surface area contributed by atoms with Crippen LogP contribution in [0.3, 0.4) is 0 Å². The number of anilines is 2. The first-order chi connectivity index (χ1) is 34.7. The third kappa shape index (κ3) is 6.52. The first-order valence-electron chi connectivity index (χ1n) is 25.8. The van der Waals surface area contributed by atoms with Gasteiger partial charge in [-0.2, -0.15) is 0 Å². The highest BCUT2D eigenvalue weighted by molar-refractivity contribution is 8.00. The van der Waals surface area contributed by atoms with Gasteiger partial charge in [-0.05, 0) is 114 Å². The zero-order valence-corrected chi connectivity index (χ0v) is 43.2. The summed E-state index contributed by atoms with van der Waals surface area (Å²) in [7, 11) is 0.810. The summed E-state index contributed by atoms with van der Waals surface area (Å²) in [6, 6.07) is 66.8. The van der Waals surface area contributed by atoms with Crippen LogP contribution in [0, 0.1) is 0 Å². The van der Waals surface area contributed by atoms with Crippen LogP contribution < -0.4 is 16.2 Å². The topological polar surface area (TPSA) is 30.1 Å². The van der Waals surface area contributed by atoms with E-state index in [1.54, 1.807) is 0 Å². The van der Waals surface area contributed by atoms with Crippen molar-refractivity contribution in [3.05, 3.63) is 215 Å². The molecule has 4 heterocycles. The average Bonchev–Trinajstić information content (AvgIpc) is 4.09. The van der Waals surface area contributed by atoms with Gasteiger partial charge < -0.3 is 14.3 Å². The summed E-state index contributed by atoms with van der Waals surface area (Å²) in [5, 5.41) is 9.12. The van der Waals surface area contributed by atoms with Crippen molar-refractivity contribution in [3.63, 3.8) is 0 Å². The zero-order chi connectivity index (χ0) is 49.0. The number of aromatic nitrogens is 1. The molecule has 350 valence electrons. The van der Waals surface area contributed by atoms with Crippen LogP contribution in [-0.4, -0.2) is 11.8 Å². The molecule has 0 saturated carbocycles. The molecule has 1 aliphatic carbocycles. The number of hydrogen-bond donors (Lipinski definition) is 1. The number of nitrogens with one attached hydrogen (secondary N) is 1. The van der Waals surface area contributed by atoms with Crippen molar-refractivity contribution in [1.82, 2.24) is 4.57 Å². The van der Waals surface area contributed by atoms with Gasteiger partial charge in [-0.25, -0.2) is 0 Å². The van der Waals surface area contributed by atoms with E-state index >= 15 is 0 Å². The molecule has 0 bridgehead atoms. The molecule has 11 aromatic rings. The lowest BCUT2D eigenvalue weighted by Crippen LogP contribution is -2.37. The molecule has 72 heavy (non-hydrogen) atoms. The molecular weight excluding hydrogens is 892 g/mol. The number of nitrogens with zero attached hydrogens (tertiary/aromatic N) is 1. The fraction of sp³-hybridized carbons (Fsp3) is 0.194. The maximum absolute atomic E-state index is 6.69. The summed E-state index contributed by atoms with van der Waals surface area (Å²) < 4.78 is 9.30. The van der Waals surface area contributed by atoms with Crippen LogP contribution in [0.2, 0.25) is 0 Å². The van der Waals surface area contributed by atoms with Crippen molar-refractivity contribution in [3.8, 4) is 27.9 Å². The first-order valence-corrected chi connectivity index (χ1v) is 26.6. The van der Waals surface area contributed by atoms with Gasteiger partial charge in [0.1, 0.15) is 11.2 Å². The lowest BCUT2D eigenvalue weighted by Gasteiger charge is -2.27. The highest BCUT2D eigenvalue weighted by Gasteiger charge is 2.40. The molecule has 0 saturated heterocycles. The van der Waals surface area contributed by atoms with Crippen LogP contribution in [0.15, 0.2) is 185 Å². The van der Waals surface area contributed by atoms with Gasteiger partial charge in [-0.3, -0.25) is 0 Å². The molecule has 5 heteroatoms. The van der Waals surface area contributed by atoms with E-state index < -0.39 is 0 Å². The lowest BCUT2D eigenvalue weighted by molar-refractivity contribution is 0.589. The summed E-state index contributed by atoms with van der Waals surface area (Å²) >= 11 is 2.03. The molecule has 0 fully saturated rings. The maximum atomic E-state index is 6.69. The number of rotatable bonds is 5. The minimum Gasteiger partial charge on any atom is -0.456 e. The van der Waals surface area contributed by atoms with Gasteiger partial charge in [0, 0.05) is 77.2 Å². The molecule has 2 aromatic heterocycles.